The number of hydrogen-bond acceptors (Lipinski definition) is 5. The van der Waals surface area contributed by atoms with Crippen LogP contribution in [0.2, 0.25) is 6.55 Å². The van der Waals surface area contributed by atoms with Crippen LogP contribution in [0, 0.1) is 0 Å². The van der Waals surface area contributed by atoms with Crippen LogP contribution < -0.4 is 0 Å². The zero-order chi connectivity index (χ0) is 23.8. The first-order chi connectivity index (χ1) is 14.2. The van der Waals surface area contributed by atoms with Gasteiger partial charge in [-0.15, -0.1) is 19.7 Å². The molecule has 0 aromatic rings. The van der Waals surface area contributed by atoms with Crippen molar-refractivity contribution in [2.75, 3.05) is 19.8 Å². The second-order valence-electron chi connectivity index (χ2n) is 6.80. The number of hydrogen-bond donors (Lipinski definition) is 0. The van der Waals surface area contributed by atoms with Crippen molar-refractivity contribution in [2.24, 2.45) is 0 Å². The van der Waals surface area contributed by atoms with Crippen LogP contribution in [0.15, 0.2) is 36.8 Å². The molecule has 0 radical (unpaired) electrons. The normalized spacial score (nSPS) is 15.6. The van der Waals surface area contributed by atoms with Gasteiger partial charge in [0.15, 0.2) is 18.8 Å². The molecule has 0 N–H and O–H groups in total. The van der Waals surface area contributed by atoms with Gasteiger partial charge in [0.2, 0.25) is 0 Å². The molecule has 0 aliphatic rings. The molecule has 0 bridgehead atoms. The second kappa shape index (κ2) is 26.7. The Morgan fingerprint density at radius 3 is 1.83 bits per heavy atom. The third-order valence-corrected chi connectivity index (χ3v) is 8.21. The van der Waals surface area contributed by atoms with Gasteiger partial charge in [-0.1, -0.05) is 30.9 Å². The molecule has 5 unspecified atom stereocenters. The molecule has 0 saturated carbocycles. The van der Waals surface area contributed by atoms with Crippen molar-refractivity contribution in [1.82, 2.24) is 0 Å². The average Bonchev–Trinajstić information content (AvgIpc) is 2.76. The molecule has 8 heteroatoms. The molecule has 0 heterocycles. The summed E-state index contributed by atoms with van der Waals surface area (Å²) in [6.07, 6.45) is 3.18. The van der Waals surface area contributed by atoms with E-state index in [2.05, 4.69) is 54.0 Å². The van der Waals surface area contributed by atoms with Crippen LogP contribution in [0.3, 0.4) is 0 Å². The van der Waals surface area contributed by atoms with Gasteiger partial charge in [0.25, 0.3) is 0 Å². The van der Waals surface area contributed by atoms with Crippen molar-refractivity contribution in [3.05, 3.63) is 36.8 Å². The van der Waals surface area contributed by atoms with E-state index in [1.165, 1.54) is 0 Å². The predicted molar refractivity (Wildman–Crippen MR) is 140 cm³/mol. The highest BCUT2D eigenvalue weighted by molar-refractivity contribution is 6.56. The van der Waals surface area contributed by atoms with Gasteiger partial charge in [-0.25, -0.2) is 0 Å². The molecule has 0 aliphatic carbocycles. The van der Waals surface area contributed by atoms with Gasteiger partial charge in [-0.2, -0.15) is 0 Å². The molecule has 0 aromatic heterocycles. The lowest BCUT2D eigenvalue weighted by Crippen LogP contribution is -2.28. The molecule has 0 rings (SSSR count). The zero-order valence-corrected chi connectivity index (χ0v) is 24.7. The molecule has 0 aromatic carbocycles. The summed E-state index contributed by atoms with van der Waals surface area (Å²) in [5.41, 5.74) is 5.64. The maximum absolute atomic E-state index is 5.62. The van der Waals surface area contributed by atoms with E-state index in [0.29, 0.717) is 25.4 Å². The predicted octanol–water partition coefficient (Wildman–Crippen LogP) is 4.32. The summed E-state index contributed by atoms with van der Waals surface area (Å²) < 4.78 is 27.2. The minimum absolute atomic E-state index is 0.0983. The van der Waals surface area contributed by atoms with Crippen molar-refractivity contribution in [3.8, 4) is 0 Å². The van der Waals surface area contributed by atoms with Crippen molar-refractivity contribution >= 4 is 28.1 Å². The van der Waals surface area contributed by atoms with Gasteiger partial charge in [0.05, 0.1) is 12.7 Å². The van der Waals surface area contributed by atoms with E-state index in [1.807, 2.05) is 32.2 Å². The third kappa shape index (κ3) is 27.7. The lowest BCUT2D eigenvalue weighted by Gasteiger charge is -2.17. The Balaban J connectivity index is -0.000000379. The van der Waals surface area contributed by atoms with Crippen LogP contribution in [-0.4, -0.2) is 66.2 Å². The number of rotatable bonds is 16. The lowest BCUT2D eigenvalue weighted by atomic mass is 10.3. The molecule has 30 heavy (non-hydrogen) atoms. The summed E-state index contributed by atoms with van der Waals surface area (Å²) in [7, 11) is -3.00. The summed E-state index contributed by atoms with van der Waals surface area (Å²) >= 11 is 0. The Morgan fingerprint density at radius 1 is 0.833 bits per heavy atom. The fourth-order valence-electron chi connectivity index (χ4n) is 1.75. The zero-order valence-electron chi connectivity index (χ0n) is 21.0. The maximum Gasteiger partial charge on any atom is 0.348 e. The van der Waals surface area contributed by atoms with E-state index in [1.54, 1.807) is 5.70 Å². The highest BCUT2D eigenvalue weighted by Gasteiger charge is 2.12. The van der Waals surface area contributed by atoms with Crippen LogP contribution >= 0.6 is 0 Å². The van der Waals surface area contributed by atoms with Gasteiger partial charge in [-0.3, -0.25) is 0 Å². The summed E-state index contributed by atoms with van der Waals surface area (Å²) in [6.45, 7) is 29.5. The Bertz CT molecular complexity index is 386. The molecular formula is C22H50O5Si3. The molecule has 0 fully saturated rings. The Kier molecular flexibility index (Phi) is 30.5. The molecule has 5 atom stereocenters. The molecule has 0 spiro atoms. The quantitative estimate of drug-likeness (QED) is 0.309. The first-order valence-corrected chi connectivity index (χ1v) is 16.5. The van der Waals surface area contributed by atoms with Gasteiger partial charge in [0.1, 0.15) is 0 Å². The van der Waals surface area contributed by atoms with E-state index in [9.17, 15) is 0 Å². The highest BCUT2D eigenvalue weighted by atomic mass is 28.3. The SMILES string of the molecule is C=C[SiH2]OC(C)CC.C=C[SiH](C)OC(C)CC.C=C[SiH](OCC)OC(C)COCC. The van der Waals surface area contributed by atoms with Crippen LogP contribution in [0.5, 0.6) is 0 Å². The third-order valence-electron chi connectivity index (χ3n) is 3.87. The van der Waals surface area contributed by atoms with E-state index in [4.69, 9.17) is 22.4 Å². The van der Waals surface area contributed by atoms with Crippen molar-refractivity contribution in [2.45, 2.75) is 86.2 Å². The van der Waals surface area contributed by atoms with Gasteiger partial charge in [-0.05, 0) is 54.0 Å². The van der Waals surface area contributed by atoms with E-state index < -0.39 is 18.3 Å². The Morgan fingerprint density at radius 2 is 1.43 bits per heavy atom. The van der Waals surface area contributed by atoms with Gasteiger partial charge >= 0.3 is 9.28 Å². The second-order valence-corrected chi connectivity index (χ2v) is 12.0. The summed E-state index contributed by atoms with van der Waals surface area (Å²) in [5.74, 6) is 0. The molecule has 5 nitrogen and oxygen atoms in total. The van der Waals surface area contributed by atoms with Crippen LogP contribution in [0.1, 0.15) is 61.3 Å². The monoisotopic (exact) mass is 478 g/mol. The lowest BCUT2D eigenvalue weighted by molar-refractivity contribution is 0.0512. The molecule has 0 saturated heterocycles. The minimum atomic E-state index is -1.63. The average molecular weight is 479 g/mol. The van der Waals surface area contributed by atoms with Gasteiger partial charge in [0, 0.05) is 25.4 Å². The summed E-state index contributed by atoms with van der Waals surface area (Å²) in [6, 6.07) is 0. The number of ether oxygens (including phenoxy) is 1. The van der Waals surface area contributed by atoms with Crippen LogP contribution in [0.25, 0.3) is 0 Å². The van der Waals surface area contributed by atoms with Crippen LogP contribution in [0.4, 0.5) is 0 Å². The Hall–Kier alpha value is -0.329. The van der Waals surface area contributed by atoms with Crippen molar-refractivity contribution in [1.29, 1.82) is 0 Å². The first kappa shape index (κ1) is 34.3. The summed E-state index contributed by atoms with van der Waals surface area (Å²) in [4.78, 5) is 0. The van der Waals surface area contributed by atoms with E-state index in [0.717, 1.165) is 19.4 Å². The minimum Gasteiger partial charge on any atom is -0.417 e. The van der Waals surface area contributed by atoms with E-state index in [-0.39, 0.29) is 15.9 Å². The maximum atomic E-state index is 5.62. The van der Waals surface area contributed by atoms with Crippen molar-refractivity contribution < 1.29 is 22.4 Å². The molecular weight excluding hydrogens is 428 g/mol. The highest BCUT2D eigenvalue weighted by Crippen LogP contribution is 1.99. The fourth-order valence-corrected chi connectivity index (χ4v) is 4.68. The Labute approximate surface area is 193 Å². The standard InChI is InChI=1S/C9H20O3Si.C7H16OSi.C6H14OSi/c1-5-10-8-9(4)12-13(7-3)11-6-2;1-5-7(3)8-9(4)6-2;1-4-6(3)7-8-5-2/h7,9,13H,3,5-6,8H2,1-2,4H3;6-7,9H,2,5H2,1,3-4H3;5-6H,2,4,8H2,1,3H3. The summed E-state index contributed by atoms with van der Waals surface area (Å²) in [5, 5.41) is 0. The first-order valence-electron chi connectivity index (χ1n) is 11.2. The fraction of sp³-hybridized carbons (Fsp3) is 0.727. The topological polar surface area (TPSA) is 46.2 Å². The van der Waals surface area contributed by atoms with Crippen molar-refractivity contribution in [3.63, 3.8) is 0 Å². The molecule has 0 aliphatic heterocycles. The molecule has 180 valence electrons. The largest absolute Gasteiger partial charge is 0.417 e. The van der Waals surface area contributed by atoms with Gasteiger partial charge < -0.3 is 22.4 Å². The smallest absolute Gasteiger partial charge is 0.348 e. The molecule has 0 amide bonds. The van der Waals surface area contributed by atoms with E-state index >= 15 is 0 Å². The van der Waals surface area contributed by atoms with Crippen LogP contribution in [-0.2, 0) is 22.4 Å².